The molecule has 0 bridgehead atoms. The van der Waals surface area contributed by atoms with Gasteiger partial charge < -0.3 is 15.0 Å². The molecule has 0 aliphatic carbocycles. The number of fused-ring (bicyclic) bond motifs is 2. The number of pyridine rings is 1. The van der Waals surface area contributed by atoms with Crippen molar-refractivity contribution in [2.24, 2.45) is 0 Å². The van der Waals surface area contributed by atoms with Crippen LogP contribution in [0, 0.1) is 0 Å². The third-order valence-corrected chi connectivity index (χ3v) is 5.06. The number of nitrogens with one attached hydrogen (secondary N) is 2. The normalized spacial score (nSPS) is 15.2. The van der Waals surface area contributed by atoms with Gasteiger partial charge in [-0.15, -0.1) is 0 Å². The molecule has 1 unspecified atom stereocenters. The summed E-state index contributed by atoms with van der Waals surface area (Å²) in [6.07, 6.45) is 4.34. The van der Waals surface area contributed by atoms with Gasteiger partial charge in [-0.2, -0.15) is 0 Å². The summed E-state index contributed by atoms with van der Waals surface area (Å²) in [5.41, 5.74) is 4.89. The van der Waals surface area contributed by atoms with E-state index in [9.17, 15) is 4.79 Å². The third-order valence-electron chi connectivity index (χ3n) is 5.06. The van der Waals surface area contributed by atoms with Gasteiger partial charge >= 0.3 is 0 Å². The average Bonchev–Trinajstić information content (AvgIpc) is 3.35. The van der Waals surface area contributed by atoms with Crippen molar-refractivity contribution in [3.05, 3.63) is 84.3 Å². The van der Waals surface area contributed by atoms with Crippen molar-refractivity contribution in [2.75, 3.05) is 6.54 Å². The van der Waals surface area contributed by atoms with Gasteiger partial charge in [0.25, 0.3) is 5.91 Å². The molecule has 138 valence electrons. The highest BCUT2D eigenvalue weighted by Gasteiger charge is 2.24. The second-order valence-electron chi connectivity index (χ2n) is 6.99. The lowest BCUT2D eigenvalue weighted by Crippen LogP contribution is -2.34. The van der Waals surface area contributed by atoms with Crippen LogP contribution in [-0.2, 0) is 6.42 Å². The number of H-pyrrole nitrogens is 1. The summed E-state index contributed by atoms with van der Waals surface area (Å²) in [6, 6.07) is 19.9. The smallest absolute Gasteiger partial charge is 0.267 e. The second kappa shape index (κ2) is 6.85. The highest BCUT2D eigenvalue weighted by atomic mass is 16.5. The van der Waals surface area contributed by atoms with Gasteiger partial charge in [0.15, 0.2) is 0 Å². The zero-order valence-corrected chi connectivity index (χ0v) is 15.2. The van der Waals surface area contributed by atoms with E-state index in [2.05, 4.69) is 21.4 Å². The number of para-hydroxylation sites is 1. The number of aromatic nitrogens is 2. The fraction of sp³-hybridized carbons (Fsp3) is 0.130. The van der Waals surface area contributed by atoms with Gasteiger partial charge in [0.05, 0.1) is 6.54 Å². The highest BCUT2D eigenvalue weighted by molar-refractivity contribution is 5.98. The first-order valence-electron chi connectivity index (χ1n) is 9.32. The Bertz CT molecular complexity index is 1120. The van der Waals surface area contributed by atoms with Crippen LogP contribution >= 0.6 is 0 Å². The van der Waals surface area contributed by atoms with E-state index in [0.717, 1.165) is 39.8 Å². The molecule has 1 aliphatic rings. The molecular formula is C23H19N3O2. The molecule has 4 aromatic rings. The maximum Gasteiger partial charge on any atom is 0.267 e. The molecule has 2 aromatic carbocycles. The molecule has 0 fully saturated rings. The number of nitrogens with zero attached hydrogens (tertiary/aromatic N) is 1. The lowest BCUT2D eigenvalue weighted by Gasteiger charge is -2.11. The number of ether oxygens (including phenoxy) is 1. The molecule has 1 atom stereocenters. The maximum absolute atomic E-state index is 12.5. The van der Waals surface area contributed by atoms with Gasteiger partial charge in [0.2, 0.25) is 0 Å². The molecule has 1 aliphatic heterocycles. The van der Waals surface area contributed by atoms with Crippen molar-refractivity contribution in [1.29, 1.82) is 0 Å². The summed E-state index contributed by atoms with van der Waals surface area (Å²) in [7, 11) is 0. The molecule has 5 heteroatoms. The number of amides is 1. The monoisotopic (exact) mass is 369 g/mol. The fourth-order valence-electron chi connectivity index (χ4n) is 3.64. The lowest BCUT2D eigenvalue weighted by atomic mass is 10.0. The van der Waals surface area contributed by atoms with Crippen LogP contribution in [0.4, 0.5) is 0 Å². The highest BCUT2D eigenvalue weighted by Crippen LogP contribution is 2.32. The summed E-state index contributed by atoms with van der Waals surface area (Å²) >= 11 is 0. The van der Waals surface area contributed by atoms with Gasteiger partial charge in [-0.25, -0.2) is 0 Å². The maximum atomic E-state index is 12.5. The Morgan fingerprint density at radius 3 is 2.89 bits per heavy atom. The Morgan fingerprint density at radius 2 is 2.04 bits per heavy atom. The van der Waals surface area contributed by atoms with Crippen LogP contribution in [0.15, 0.2) is 73.1 Å². The predicted molar refractivity (Wildman–Crippen MR) is 108 cm³/mol. The number of aromatic amines is 1. The lowest BCUT2D eigenvalue weighted by molar-refractivity contribution is 0.0929. The van der Waals surface area contributed by atoms with Crippen molar-refractivity contribution in [1.82, 2.24) is 15.3 Å². The van der Waals surface area contributed by atoms with Crippen molar-refractivity contribution < 1.29 is 9.53 Å². The number of carbonyl (C=O) groups is 1. The van der Waals surface area contributed by atoms with Crippen LogP contribution in [0.25, 0.3) is 22.0 Å². The first-order chi connectivity index (χ1) is 13.8. The van der Waals surface area contributed by atoms with Crippen LogP contribution < -0.4 is 10.1 Å². The minimum absolute atomic E-state index is 0.0625. The molecule has 2 N–H and O–H groups in total. The van der Waals surface area contributed by atoms with Crippen LogP contribution in [0.2, 0.25) is 0 Å². The molecule has 5 nitrogen and oxygen atoms in total. The fourth-order valence-corrected chi connectivity index (χ4v) is 3.64. The Balaban J connectivity index is 1.25. The Morgan fingerprint density at radius 1 is 1.11 bits per heavy atom. The van der Waals surface area contributed by atoms with Gasteiger partial charge in [-0.1, -0.05) is 30.3 Å². The quantitative estimate of drug-likeness (QED) is 0.572. The largest absolute Gasteiger partial charge is 0.488 e. The molecule has 5 rings (SSSR count). The van der Waals surface area contributed by atoms with Crippen LogP contribution in [0.5, 0.6) is 5.75 Å². The molecule has 1 amide bonds. The number of hydrogen-bond donors (Lipinski definition) is 2. The summed E-state index contributed by atoms with van der Waals surface area (Å²) in [4.78, 5) is 19.8. The van der Waals surface area contributed by atoms with E-state index >= 15 is 0 Å². The van der Waals surface area contributed by atoms with Gasteiger partial charge in [0.1, 0.15) is 17.5 Å². The van der Waals surface area contributed by atoms with Gasteiger partial charge in [0, 0.05) is 35.3 Å². The van der Waals surface area contributed by atoms with E-state index in [-0.39, 0.29) is 12.0 Å². The number of rotatable bonds is 4. The Labute approximate surface area is 162 Å². The van der Waals surface area contributed by atoms with Crippen molar-refractivity contribution in [3.63, 3.8) is 0 Å². The summed E-state index contributed by atoms with van der Waals surface area (Å²) in [6.45, 7) is 0.463. The topological polar surface area (TPSA) is 67.0 Å². The predicted octanol–water partition coefficient (Wildman–Crippen LogP) is 3.96. The van der Waals surface area contributed by atoms with E-state index in [0.29, 0.717) is 12.2 Å². The minimum Gasteiger partial charge on any atom is -0.488 e. The van der Waals surface area contributed by atoms with Crippen LogP contribution in [0.1, 0.15) is 16.1 Å². The molecule has 0 radical (unpaired) electrons. The molecule has 0 saturated carbocycles. The van der Waals surface area contributed by atoms with Crippen molar-refractivity contribution >= 4 is 16.8 Å². The zero-order chi connectivity index (χ0) is 18.9. The SMILES string of the molecule is O=C(NCC1Cc2cc(-c3cccnc3)ccc2O1)c1cc2ccccc2[nH]1. The zero-order valence-electron chi connectivity index (χ0n) is 15.2. The van der Waals surface area contributed by atoms with E-state index in [1.54, 1.807) is 6.20 Å². The Hall–Kier alpha value is -3.60. The summed E-state index contributed by atoms with van der Waals surface area (Å²) in [5, 5.41) is 4.01. The first-order valence-corrected chi connectivity index (χ1v) is 9.32. The number of benzene rings is 2. The van der Waals surface area contributed by atoms with Crippen molar-refractivity contribution in [2.45, 2.75) is 12.5 Å². The first kappa shape index (κ1) is 16.6. The van der Waals surface area contributed by atoms with Gasteiger partial charge in [-0.05, 0) is 41.5 Å². The van der Waals surface area contributed by atoms with Crippen LogP contribution in [-0.4, -0.2) is 28.5 Å². The van der Waals surface area contributed by atoms with Crippen LogP contribution in [0.3, 0.4) is 0 Å². The van der Waals surface area contributed by atoms with E-state index < -0.39 is 0 Å². The molecule has 0 saturated heterocycles. The molecule has 2 aromatic heterocycles. The van der Waals surface area contributed by atoms with E-state index in [1.165, 1.54) is 0 Å². The van der Waals surface area contributed by atoms with Gasteiger partial charge in [-0.3, -0.25) is 9.78 Å². The van der Waals surface area contributed by atoms with E-state index in [1.807, 2.05) is 60.8 Å². The number of carbonyl (C=O) groups excluding carboxylic acids is 1. The molecular weight excluding hydrogens is 350 g/mol. The van der Waals surface area contributed by atoms with E-state index in [4.69, 9.17) is 4.74 Å². The number of hydrogen-bond acceptors (Lipinski definition) is 3. The minimum atomic E-state index is -0.119. The molecule has 3 heterocycles. The standard InChI is InChI=1S/C23H19N3O2/c27-23(21-12-16-4-1-2-6-20(16)26-21)25-14-19-11-18-10-15(7-8-22(18)28-19)17-5-3-9-24-13-17/h1-10,12-13,19,26H,11,14H2,(H,25,27). The summed E-state index contributed by atoms with van der Waals surface area (Å²) in [5.74, 6) is 0.768. The molecule has 28 heavy (non-hydrogen) atoms. The molecule has 0 spiro atoms. The summed E-state index contributed by atoms with van der Waals surface area (Å²) < 4.78 is 6.00. The Kier molecular flexibility index (Phi) is 4.05. The van der Waals surface area contributed by atoms with Crippen molar-refractivity contribution in [3.8, 4) is 16.9 Å². The third kappa shape index (κ3) is 3.11. The second-order valence-corrected chi connectivity index (χ2v) is 6.99. The average molecular weight is 369 g/mol.